The topological polar surface area (TPSA) is 25.8 Å². The molecule has 0 atom stereocenters. The van der Waals surface area contributed by atoms with E-state index in [1.807, 2.05) is 35.7 Å². The second-order valence-electron chi connectivity index (χ2n) is 3.34. The SMILES string of the molecule is Clc1cc(-c2ccccn2)nc2ccsc12. The van der Waals surface area contributed by atoms with E-state index < -0.39 is 0 Å². The van der Waals surface area contributed by atoms with E-state index >= 15 is 0 Å². The molecule has 0 aromatic carbocycles. The van der Waals surface area contributed by atoms with Crippen molar-refractivity contribution in [2.24, 2.45) is 0 Å². The Hall–Kier alpha value is -1.45. The molecule has 0 aliphatic rings. The van der Waals surface area contributed by atoms with Crippen LogP contribution in [0.4, 0.5) is 0 Å². The van der Waals surface area contributed by atoms with Crippen LogP contribution in [0, 0.1) is 0 Å². The number of hydrogen-bond donors (Lipinski definition) is 0. The first-order chi connectivity index (χ1) is 7.84. The van der Waals surface area contributed by atoms with Gasteiger partial charge in [-0.25, -0.2) is 4.98 Å². The fourth-order valence-electron chi connectivity index (χ4n) is 1.56. The lowest BCUT2D eigenvalue weighted by atomic mass is 10.2. The second kappa shape index (κ2) is 3.85. The van der Waals surface area contributed by atoms with Gasteiger partial charge in [-0.3, -0.25) is 4.98 Å². The summed E-state index contributed by atoms with van der Waals surface area (Å²) in [6.07, 6.45) is 1.75. The zero-order chi connectivity index (χ0) is 11.0. The van der Waals surface area contributed by atoms with Gasteiger partial charge in [0.25, 0.3) is 0 Å². The van der Waals surface area contributed by atoms with Gasteiger partial charge < -0.3 is 0 Å². The van der Waals surface area contributed by atoms with Gasteiger partial charge >= 0.3 is 0 Å². The molecule has 0 saturated heterocycles. The van der Waals surface area contributed by atoms with Crippen molar-refractivity contribution in [3.63, 3.8) is 0 Å². The van der Waals surface area contributed by atoms with Crippen LogP contribution in [-0.2, 0) is 0 Å². The van der Waals surface area contributed by atoms with E-state index in [0.29, 0.717) is 0 Å². The number of nitrogens with zero attached hydrogens (tertiary/aromatic N) is 2. The monoisotopic (exact) mass is 246 g/mol. The summed E-state index contributed by atoms with van der Waals surface area (Å²) in [6.45, 7) is 0. The Kier molecular flexibility index (Phi) is 2.35. The van der Waals surface area contributed by atoms with E-state index in [2.05, 4.69) is 9.97 Å². The van der Waals surface area contributed by atoms with Gasteiger partial charge in [0, 0.05) is 6.20 Å². The first kappa shape index (κ1) is 9.75. The molecule has 0 aliphatic heterocycles. The van der Waals surface area contributed by atoms with E-state index in [-0.39, 0.29) is 0 Å². The Morgan fingerprint density at radius 2 is 2.06 bits per heavy atom. The molecule has 0 saturated carbocycles. The van der Waals surface area contributed by atoms with Crippen molar-refractivity contribution in [3.8, 4) is 11.4 Å². The molecule has 3 aromatic heterocycles. The lowest BCUT2D eigenvalue weighted by Crippen LogP contribution is -1.86. The van der Waals surface area contributed by atoms with Crippen LogP contribution in [0.2, 0.25) is 5.02 Å². The molecule has 0 aliphatic carbocycles. The maximum atomic E-state index is 6.20. The van der Waals surface area contributed by atoms with Gasteiger partial charge in [0.1, 0.15) is 0 Å². The molecule has 0 radical (unpaired) electrons. The van der Waals surface area contributed by atoms with Crippen LogP contribution in [0.3, 0.4) is 0 Å². The number of halogens is 1. The molecule has 3 aromatic rings. The maximum absolute atomic E-state index is 6.20. The summed E-state index contributed by atoms with van der Waals surface area (Å²) in [5, 5.41) is 2.73. The largest absolute Gasteiger partial charge is 0.255 e. The summed E-state index contributed by atoms with van der Waals surface area (Å²) in [7, 11) is 0. The van der Waals surface area contributed by atoms with Crippen LogP contribution in [0.15, 0.2) is 41.9 Å². The van der Waals surface area contributed by atoms with Crippen LogP contribution in [0.1, 0.15) is 0 Å². The van der Waals surface area contributed by atoms with E-state index in [4.69, 9.17) is 11.6 Å². The minimum Gasteiger partial charge on any atom is -0.255 e. The van der Waals surface area contributed by atoms with E-state index in [0.717, 1.165) is 26.6 Å². The van der Waals surface area contributed by atoms with Gasteiger partial charge in [0.2, 0.25) is 0 Å². The number of fused-ring (bicyclic) bond motifs is 1. The molecule has 3 rings (SSSR count). The third kappa shape index (κ3) is 1.58. The van der Waals surface area contributed by atoms with Gasteiger partial charge in [-0.1, -0.05) is 17.7 Å². The summed E-state index contributed by atoms with van der Waals surface area (Å²) >= 11 is 7.80. The van der Waals surface area contributed by atoms with E-state index in [1.54, 1.807) is 17.5 Å². The molecule has 78 valence electrons. The molecular weight excluding hydrogens is 240 g/mol. The highest BCUT2D eigenvalue weighted by molar-refractivity contribution is 7.17. The highest BCUT2D eigenvalue weighted by atomic mass is 35.5. The quantitative estimate of drug-likeness (QED) is 0.648. The van der Waals surface area contributed by atoms with E-state index in [1.165, 1.54) is 0 Å². The molecular formula is C12H7ClN2S. The maximum Gasteiger partial charge on any atom is 0.0909 e. The van der Waals surface area contributed by atoms with Crippen molar-refractivity contribution < 1.29 is 0 Å². The number of hydrogen-bond acceptors (Lipinski definition) is 3. The van der Waals surface area contributed by atoms with Crippen LogP contribution < -0.4 is 0 Å². The Morgan fingerprint density at radius 3 is 2.88 bits per heavy atom. The highest BCUT2D eigenvalue weighted by Crippen LogP contribution is 2.30. The average Bonchev–Trinajstić information content (AvgIpc) is 2.79. The van der Waals surface area contributed by atoms with Crippen LogP contribution in [0.5, 0.6) is 0 Å². The summed E-state index contributed by atoms with van der Waals surface area (Å²) < 4.78 is 1.03. The number of aromatic nitrogens is 2. The number of rotatable bonds is 1. The summed E-state index contributed by atoms with van der Waals surface area (Å²) in [5.41, 5.74) is 2.59. The Labute approximate surface area is 102 Å². The number of pyridine rings is 2. The Bertz CT molecular complexity index is 634. The normalized spacial score (nSPS) is 10.8. The van der Waals surface area contributed by atoms with Crippen molar-refractivity contribution >= 4 is 33.2 Å². The van der Waals surface area contributed by atoms with Crippen molar-refractivity contribution in [1.29, 1.82) is 0 Å². The third-order valence-corrected chi connectivity index (χ3v) is 3.64. The second-order valence-corrected chi connectivity index (χ2v) is 4.66. The van der Waals surface area contributed by atoms with Gasteiger partial charge in [0.15, 0.2) is 0 Å². The first-order valence-electron chi connectivity index (χ1n) is 4.80. The standard InChI is InChI=1S/C12H7ClN2S/c13-8-7-11(9-3-1-2-5-14-9)15-10-4-6-16-12(8)10/h1-7H. The van der Waals surface area contributed by atoms with Crippen LogP contribution in [0.25, 0.3) is 21.6 Å². The highest BCUT2D eigenvalue weighted by Gasteiger charge is 2.07. The van der Waals surface area contributed by atoms with Gasteiger partial charge in [-0.15, -0.1) is 11.3 Å². The van der Waals surface area contributed by atoms with Gasteiger partial charge in [-0.05, 0) is 29.6 Å². The summed E-state index contributed by atoms with van der Waals surface area (Å²) in [5.74, 6) is 0. The molecule has 0 unspecified atom stereocenters. The zero-order valence-electron chi connectivity index (χ0n) is 8.22. The number of thiophene rings is 1. The molecule has 4 heteroatoms. The van der Waals surface area contributed by atoms with Crippen LogP contribution in [-0.4, -0.2) is 9.97 Å². The summed E-state index contributed by atoms with van der Waals surface area (Å²) in [6, 6.07) is 9.59. The van der Waals surface area contributed by atoms with Crippen molar-refractivity contribution in [1.82, 2.24) is 9.97 Å². The summed E-state index contributed by atoms with van der Waals surface area (Å²) in [4.78, 5) is 8.79. The Morgan fingerprint density at radius 1 is 1.12 bits per heavy atom. The fourth-order valence-corrected chi connectivity index (χ4v) is 2.64. The van der Waals surface area contributed by atoms with Crippen molar-refractivity contribution in [3.05, 3.63) is 46.9 Å². The minimum absolute atomic E-state index is 0.737. The van der Waals surface area contributed by atoms with Crippen molar-refractivity contribution in [2.45, 2.75) is 0 Å². The van der Waals surface area contributed by atoms with E-state index in [9.17, 15) is 0 Å². The Balaban J connectivity index is 2.25. The molecule has 3 heterocycles. The molecule has 2 nitrogen and oxygen atoms in total. The molecule has 0 spiro atoms. The third-order valence-electron chi connectivity index (χ3n) is 2.29. The van der Waals surface area contributed by atoms with Crippen LogP contribution >= 0.6 is 22.9 Å². The molecule has 0 N–H and O–H groups in total. The molecule has 16 heavy (non-hydrogen) atoms. The van der Waals surface area contributed by atoms with Gasteiger partial charge in [0.05, 0.1) is 26.6 Å². The molecule has 0 bridgehead atoms. The molecule has 0 amide bonds. The molecule has 0 fully saturated rings. The zero-order valence-corrected chi connectivity index (χ0v) is 9.79. The fraction of sp³-hybridized carbons (Fsp3) is 0. The predicted octanol–water partition coefficient (Wildman–Crippen LogP) is 4.01. The van der Waals surface area contributed by atoms with Gasteiger partial charge in [-0.2, -0.15) is 0 Å². The predicted molar refractivity (Wildman–Crippen MR) is 67.9 cm³/mol. The average molecular weight is 247 g/mol. The minimum atomic E-state index is 0.737. The lowest BCUT2D eigenvalue weighted by molar-refractivity contribution is 1.28. The first-order valence-corrected chi connectivity index (χ1v) is 6.05. The smallest absolute Gasteiger partial charge is 0.0909 e. The van der Waals surface area contributed by atoms with Crippen molar-refractivity contribution in [2.75, 3.05) is 0 Å². The lowest BCUT2D eigenvalue weighted by Gasteiger charge is -2.01.